The lowest BCUT2D eigenvalue weighted by Crippen LogP contribution is -2.05. The molecule has 0 amide bonds. The van der Waals surface area contributed by atoms with Crippen LogP contribution in [0.5, 0.6) is 0 Å². The maximum atomic E-state index is 13.8. The molecule has 2 aromatic rings. The van der Waals surface area contributed by atoms with E-state index in [2.05, 4.69) is 37.2 Å². The lowest BCUT2D eigenvalue weighted by atomic mass is 10.2. The highest BCUT2D eigenvalue weighted by atomic mass is 79.9. The molecular formula is C14H11Br2F2N. The first-order valence-electron chi connectivity index (χ1n) is 5.61. The van der Waals surface area contributed by atoms with Crippen LogP contribution < -0.4 is 5.32 Å². The Morgan fingerprint density at radius 2 is 1.84 bits per heavy atom. The Morgan fingerprint density at radius 1 is 1.11 bits per heavy atom. The van der Waals surface area contributed by atoms with Gasteiger partial charge in [0, 0.05) is 22.3 Å². The van der Waals surface area contributed by atoms with Crippen molar-refractivity contribution < 1.29 is 8.78 Å². The van der Waals surface area contributed by atoms with Gasteiger partial charge in [-0.3, -0.25) is 0 Å². The number of benzene rings is 2. The number of nitrogens with one attached hydrogen (secondary N) is 1. The zero-order valence-electron chi connectivity index (χ0n) is 10.1. The maximum Gasteiger partial charge on any atom is 0.145 e. The second-order valence-electron chi connectivity index (χ2n) is 4.19. The first kappa shape index (κ1) is 14.5. The fourth-order valence-electron chi connectivity index (χ4n) is 1.76. The van der Waals surface area contributed by atoms with E-state index in [1.165, 1.54) is 12.1 Å². The summed E-state index contributed by atoms with van der Waals surface area (Å²) in [7, 11) is 0. The molecule has 0 fully saturated rings. The minimum absolute atomic E-state index is 0.0204. The second-order valence-corrected chi connectivity index (χ2v) is 5.96. The third kappa shape index (κ3) is 3.54. The van der Waals surface area contributed by atoms with E-state index in [1.807, 2.05) is 25.1 Å². The summed E-state index contributed by atoms with van der Waals surface area (Å²) in [5.74, 6) is -1.13. The van der Waals surface area contributed by atoms with Crippen LogP contribution in [0.2, 0.25) is 0 Å². The number of halogens is 4. The minimum atomic E-state index is -0.570. The first-order chi connectivity index (χ1) is 8.97. The van der Waals surface area contributed by atoms with Crippen LogP contribution in [-0.4, -0.2) is 0 Å². The lowest BCUT2D eigenvalue weighted by Gasteiger charge is -2.10. The second kappa shape index (κ2) is 6.01. The first-order valence-corrected chi connectivity index (χ1v) is 7.19. The highest BCUT2D eigenvalue weighted by Crippen LogP contribution is 2.24. The molecule has 0 aliphatic carbocycles. The van der Waals surface area contributed by atoms with Gasteiger partial charge in [-0.2, -0.15) is 0 Å². The summed E-state index contributed by atoms with van der Waals surface area (Å²) in [6.07, 6.45) is 0. The molecule has 0 spiro atoms. The molecule has 0 saturated heterocycles. The Kier molecular flexibility index (Phi) is 4.58. The molecule has 19 heavy (non-hydrogen) atoms. The molecule has 0 heterocycles. The van der Waals surface area contributed by atoms with Gasteiger partial charge < -0.3 is 5.32 Å². The lowest BCUT2D eigenvalue weighted by molar-refractivity contribution is 0.555. The fourth-order valence-corrected chi connectivity index (χ4v) is 2.74. The van der Waals surface area contributed by atoms with Gasteiger partial charge in [0.25, 0.3) is 0 Å². The van der Waals surface area contributed by atoms with Crippen molar-refractivity contribution in [2.45, 2.75) is 13.5 Å². The Morgan fingerprint density at radius 3 is 2.53 bits per heavy atom. The van der Waals surface area contributed by atoms with Crippen LogP contribution in [0.4, 0.5) is 14.5 Å². The summed E-state index contributed by atoms with van der Waals surface area (Å²) < 4.78 is 28.6. The Bertz CT molecular complexity index is 594. The van der Waals surface area contributed by atoms with E-state index in [-0.39, 0.29) is 16.6 Å². The molecule has 1 N–H and O–H groups in total. The largest absolute Gasteiger partial charge is 0.381 e. The highest BCUT2D eigenvalue weighted by molar-refractivity contribution is 9.10. The number of rotatable bonds is 3. The Hall–Kier alpha value is -0.940. The zero-order chi connectivity index (χ0) is 14.0. The molecule has 0 bridgehead atoms. The maximum absolute atomic E-state index is 13.8. The summed E-state index contributed by atoms with van der Waals surface area (Å²) in [6, 6.07) is 8.35. The van der Waals surface area contributed by atoms with Crippen LogP contribution in [0, 0.1) is 18.6 Å². The van der Waals surface area contributed by atoms with Crippen LogP contribution in [0.1, 0.15) is 11.1 Å². The topological polar surface area (TPSA) is 12.0 Å². The van der Waals surface area contributed by atoms with Crippen molar-refractivity contribution in [1.82, 2.24) is 0 Å². The minimum Gasteiger partial charge on any atom is -0.381 e. The SMILES string of the molecule is Cc1cc(Br)cc(NCc2c(F)ccc(Br)c2F)c1. The number of hydrogen-bond donors (Lipinski definition) is 1. The van der Waals surface area contributed by atoms with Gasteiger partial charge in [0.2, 0.25) is 0 Å². The monoisotopic (exact) mass is 389 g/mol. The van der Waals surface area contributed by atoms with Crippen molar-refractivity contribution in [3.63, 3.8) is 0 Å². The molecule has 0 atom stereocenters. The molecule has 100 valence electrons. The van der Waals surface area contributed by atoms with E-state index in [1.54, 1.807) is 0 Å². The standard InChI is InChI=1S/C14H11Br2F2N/c1-8-4-9(15)6-10(5-8)19-7-11-13(17)3-2-12(16)14(11)18/h2-6,19H,7H2,1H3. The molecule has 0 radical (unpaired) electrons. The van der Waals surface area contributed by atoms with Crippen molar-refractivity contribution in [3.05, 3.63) is 62.0 Å². The van der Waals surface area contributed by atoms with Crippen LogP contribution in [0.15, 0.2) is 39.3 Å². The molecule has 2 aromatic carbocycles. The average Bonchev–Trinajstić information content (AvgIpc) is 2.33. The van der Waals surface area contributed by atoms with E-state index in [4.69, 9.17) is 0 Å². The number of anilines is 1. The van der Waals surface area contributed by atoms with Crippen molar-refractivity contribution in [2.75, 3.05) is 5.32 Å². The van der Waals surface area contributed by atoms with Crippen LogP contribution in [0.25, 0.3) is 0 Å². The quantitative estimate of drug-likeness (QED) is 0.691. The molecule has 0 aliphatic rings. The van der Waals surface area contributed by atoms with Gasteiger partial charge in [-0.15, -0.1) is 0 Å². The predicted molar refractivity (Wildman–Crippen MR) is 80.3 cm³/mol. The van der Waals surface area contributed by atoms with Gasteiger partial charge in [-0.1, -0.05) is 15.9 Å². The van der Waals surface area contributed by atoms with Gasteiger partial charge in [-0.05, 0) is 58.7 Å². The van der Waals surface area contributed by atoms with Gasteiger partial charge >= 0.3 is 0 Å². The third-order valence-electron chi connectivity index (χ3n) is 2.65. The molecule has 2 rings (SSSR count). The van der Waals surface area contributed by atoms with Crippen molar-refractivity contribution in [2.24, 2.45) is 0 Å². The summed E-state index contributed by atoms with van der Waals surface area (Å²) in [6.45, 7) is 2.04. The van der Waals surface area contributed by atoms with Crippen molar-refractivity contribution in [3.8, 4) is 0 Å². The summed E-state index contributed by atoms with van der Waals surface area (Å²) in [5, 5.41) is 3.02. The van der Waals surface area contributed by atoms with Gasteiger partial charge in [0.1, 0.15) is 11.6 Å². The van der Waals surface area contributed by atoms with E-state index in [9.17, 15) is 8.78 Å². The summed E-state index contributed by atoms with van der Waals surface area (Å²) in [5.41, 5.74) is 1.89. The summed E-state index contributed by atoms with van der Waals surface area (Å²) >= 11 is 6.44. The van der Waals surface area contributed by atoms with E-state index in [0.29, 0.717) is 0 Å². The van der Waals surface area contributed by atoms with E-state index >= 15 is 0 Å². The molecule has 0 unspecified atom stereocenters. The Labute approximate surface area is 127 Å². The van der Waals surface area contributed by atoms with Crippen LogP contribution in [-0.2, 0) is 6.54 Å². The fraction of sp³-hybridized carbons (Fsp3) is 0.143. The smallest absolute Gasteiger partial charge is 0.145 e. The normalized spacial score (nSPS) is 10.6. The Balaban J connectivity index is 2.21. The number of hydrogen-bond acceptors (Lipinski definition) is 1. The van der Waals surface area contributed by atoms with Crippen molar-refractivity contribution >= 4 is 37.5 Å². The van der Waals surface area contributed by atoms with E-state index < -0.39 is 11.6 Å². The van der Waals surface area contributed by atoms with Gasteiger partial charge in [0.05, 0.1) is 4.47 Å². The van der Waals surface area contributed by atoms with Crippen LogP contribution in [0.3, 0.4) is 0 Å². The predicted octanol–water partition coefficient (Wildman–Crippen LogP) is 5.41. The third-order valence-corrected chi connectivity index (χ3v) is 3.72. The molecule has 0 aromatic heterocycles. The van der Waals surface area contributed by atoms with Crippen LogP contribution >= 0.6 is 31.9 Å². The van der Waals surface area contributed by atoms with Gasteiger partial charge in [0.15, 0.2) is 0 Å². The molecule has 0 saturated carbocycles. The molecule has 5 heteroatoms. The molecule has 1 nitrogen and oxygen atoms in total. The molecule has 0 aliphatic heterocycles. The molecular weight excluding hydrogens is 380 g/mol. The zero-order valence-corrected chi connectivity index (χ0v) is 13.3. The number of aryl methyl sites for hydroxylation is 1. The van der Waals surface area contributed by atoms with Crippen molar-refractivity contribution in [1.29, 1.82) is 0 Å². The van der Waals surface area contributed by atoms with Gasteiger partial charge in [-0.25, -0.2) is 8.78 Å². The highest BCUT2D eigenvalue weighted by Gasteiger charge is 2.12. The van der Waals surface area contributed by atoms with E-state index in [0.717, 1.165) is 15.7 Å². The summed E-state index contributed by atoms with van der Waals surface area (Å²) in [4.78, 5) is 0. The average molecular weight is 391 g/mol.